The molecule has 0 saturated carbocycles. The summed E-state index contributed by atoms with van der Waals surface area (Å²) in [6.45, 7) is 4.53. The average Bonchev–Trinajstić information content (AvgIpc) is 2.68. The van der Waals surface area contributed by atoms with Crippen LogP contribution >= 0.6 is 11.8 Å². The van der Waals surface area contributed by atoms with E-state index < -0.39 is 12.0 Å². The van der Waals surface area contributed by atoms with E-state index in [0.717, 1.165) is 36.6 Å². The van der Waals surface area contributed by atoms with Crippen molar-refractivity contribution < 1.29 is 14.3 Å². The summed E-state index contributed by atoms with van der Waals surface area (Å²) < 4.78 is 5.03. The van der Waals surface area contributed by atoms with Crippen molar-refractivity contribution in [2.45, 2.75) is 19.4 Å². The summed E-state index contributed by atoms with van der Waals surface area (Å²) in [5, 5.41) is 5.70. The number of esters is 1. The minimum atomic E-state index is -0.503. The number of nitrogens with zero attached hydrogens (tertiary/aromatic N) is 1. The third-order valence-electron chi connectivity index (χ3n) is 4.77. The highest BCUT2D eigenvalue weighted by Crippen LogP contribution is 2.28. The molecule has 1 atom stereocenters. The summed E-state index contributed by atoms with van der Waals surface area (Å²) in [5.74, 6) is 1.72. The molecule has 0 radical (unpaired) electrons. The van der Waals surface area contributed by atoms with Crippen LogP contribution in [-0.4, -0.2) is 55.2 Å². The van der Waals surface area contributed by atoms with Crippen LogP contribution in [0.5, 0.6) is 0 Å². The Labute approximate surface area is 158 Å². The first kappa shape index (κ1) is 18.8. The molecule has 1 saturated heterocycles. The van der Waals surface area contributed by atoms with Crippen LogP contribution < -0.4 is 10.6 Å². The van der Waals surface area contributed by atoms with E-state index in [9.17, 15) is 9.59 Å². The van der Waals surface area contributed by atoms with Gasteiger partial charge in [0.25, 0.3) is 0 Å². The summed E-state index contributed by atoms with van der Waals surface area (Å²) in [7, 11) is 1.37. The second-order valence-corrected chi connectivity index (χ2v) is 7.62. The number of benzene rings is 1. The predicted octanol–water partition coefficient (Wildman–Crippen LogP) is 2.08. The van der Waals surface area contributed by atoms with Crippen LogP contribution in [0.15, 0.2) is 35.5 Å². The minimum absolute atomic E-state index is 0.288. The number of urea groups is 1. The molecule has 1 fully saturated rings. The summed E-state index contributed by atoms with van der Waals surface area (Å²) in [4.78, 5) is 27.0. The molecule has 0 aromatic heterocycles. The Kier molecular flexibility index (Phi) is 6.21. The lowest BCUT2D eigenvalue weighted by molar-refractivity contribution is -0.136. The number of nitrogens with one attached hydrogen (secondary N) is 2. The Balaban J connectivity index is 1.95. The Morgan fingerprint density at radius 2 is 1.96 bits per heavy atom. The molecule has 26 heavy (non-hydrogen) atoms. The van der Waals surface area contributed by atoms with Gasteiger partial charge in [-0.2, -0.15) is 11.8 Å². The zero-order valence-corrected chi connectivity index (χ0v) is 16.0. The lowest BCUT2D eigenvalue weighted by atomic mass is 9.94. The Morgan fingerprint density at radius 1 is 1.27 bits per heavy atom. The number of amides is 2. The number of carbonyl (C=O) groups is 2. The first-order valence-corrected chi connectivity index (χ1v) is 10.1. The fraction of sp³-hybridized carbons (Fsp3) is 0.474. The number of carbonyl (C=O) groups excluding carboxylic acids is 2. The van der Waals surface area contributed by atoms with Gasteiger partial charge in [-0.25, -0.2) is 9.59 Å². The van der Waals surface area contributed by atoms with E-state index in [-0.39, 0.29) is 6.03 Å². The average molecular weight is 375 g/mol. The molecule has 2 N–H and O–H groups in total. The molecule has 6 nitrogen and oxygen atoms in total. The second kappa shape index (κ2) is 8.60. The zero-order valence-electron chi connectivity index (χ0n) is 15.2. The highest BCUT2D eigenvalue weighted by Gasteiger charge is 2.34. The third kappa shape index (κ3) is 4.22. The summed E-state index contributed by atoms with van der Waals surface area (Å²) in [6.07, 6.45) is 0.941. The van der Waals surface area contributed by atoms with Crippen LogP contribution in [0.1, 0.15) is 24.1 Å². The van der Waals surface area contributed by atoms with Gasteiger partial charge in [-0.3, -0.25) is 4.90 Å². The second-order valence-electron chi connectivity index (χ2n) is 6.40. The molecule has 1 aromatic rings. The Bertz CT molecular complexity index is 696. The molecule has 7 heteroatoms. The van der Waals surface area contributed by atoms with Crippen LogP contribution in [0.3, 0.4) is 0 Å². The fourth-order valence-corrected chi connectivity index (χ4v) is 4.25. The Morgan fingerprint density at radius 3 is 2.58 bits per heavy atom. The lowest BCUT2D eigenvalue weighted by Crippen LogP contribution is -2.49. The van der Waals surface area contributed by atoms with Crippen molar-refractivity contribution in [2.24, 2.45) is 0 Å². The molecule has 140 valence electrons. The van der Waals surface area contributed by atoms with Gasteiger partial charge in [0.1, 0.15) is 0 Å². The van der Waals surface area contributed by atoms with E-state index in [1.54, 1.807) is 0 Å². The van der Waals surface area contributed by atoms with E-state index >= 15 is 0 Å². The molecule has 1 unspecified atom stereocenters. The smallest absolute Gasteiger partial charge is 0.338 e. The van der Waals surface area contributed by atoms with Gasteiger partial charge in [-0.1, -0.05) is 31.2 Å². The quantitative estimate of drug-likeness (QED) is 0.771. The molecule has 1 aromatic carbocycles. The molecular weight excluding hydrogens is 350 g/mol. The standard InChI is InChI=1S/C19H25N3O3S/c1-3-13-4-6-14(7-5-13)17-16(18(23)25-2)15(20-19(24)21-17)12-22-8-10-26-11-9-22/h4-7,17H,3,8-12H2,1-2H3,(H2,20,21,24). The zero-order chi connectivity index (χ0) is 18.5. The number of hydrogen-bond acceptors (Lipinski definition) is 5. The maximum absolute atomic E-state index is 12.5. The van der Waals surface area contributed by atoms with Gasteiger partial charge in [-0.15, -0.1) is 0 Å². The third-order valence-corrected chi connectivity index (χ3v) is 5.71. The molecule has 2 amide bonds. The van der Waals surface area contributed by atoms with E-state index in [2.05, 4.69) is 22.5 Å². The predicted molar refractivity (Wildman–Crippen MR) is 103 cm³/mol. The molecule has 0 bridgehead atoms. The lowest BCUT2D eigenvalue weighted by Gasteiger charge is -2.33. The first-order chi connectivity index (χ1) is 12.6. The van der Waals surface area contributed by atoms with Crippen LogP contribution in [0.4, 0.5) is 4.79 Å². The van der Waals surface area contributed by atoms with Crippen LogP contribution in [0, 0.1) is 0 Å². The number of methoxy groups -OCH3 is 1. The largest absolute Gasteiger partial charge is 0.466 e. The van der Waals surface area contributed by atoms with E-state index in [0.29, 0.717) is 17.8 Å². The maximum atomic E-state index is 12.5. The molecule has 3 rings (SSSR count). The number of ether oxygens (including phenoxy) is 1. The topological polar surface area (TPSA) is 70.7 Å². The van der Waals surface area contributed by atoms with Gasteiger partial charge in [0, 0.05) is 36.8 Å². The monoisotopic (exact) mass is 375 g/mol. The molecule has 0 spiro atoms. The minimum Gasteiger partial charge on any atom is -0.466 e. The SMILES string of the molecule is CCc1ccc(C2NC(=O)NC(CN3CCSCC3)=C2C(=O)OC)cc1. The summed E-state index contributed by atoms with van der Waals surface area (Å²) in [5.41, 5.74) is 3.21. The molecule has 2 aliphatic heterocycles. The van der Waals surface area contributed by atoms with Gasteiger partial charge in [0.15, 0.2) is 0 Å². The molecule has 2 heterocycles. The number of aryl methyl sites for hydroxylation is 1. The van der Waals surface area contributed by atoms with Crippen LogP contribution in [-0.2, 0) is 16.0 Å². The highest BCUT2D eigenvalue weighted by molar-refractivity contribution is 7.99. The summed E-state index contributed by atoms with van der Waals surface area (Å²) in [6, 6.07) is 7.19. The number of rotatable bonds is 5. The Hall–Kier alpha value is -1.99. The molecule has 0 aliphatic carbocycles. The van der Waals surface area contributed by atoms with Crippen LogP contribution in [0.2, 0.25) is 0 Å². The van der Waals surface area contributed by atoms with E-state index in [1.807, 2.05) is 36.0 Å². The van der Waals surface area contributed by atoms with Gasteiger partial charge in [0.2, 0.25) is 0 Å². The normalized spacial score (nSPS) is 21.2. The van der Waals surface area contributed by atoms with Crippen molar-refractivity contribution in [2.75, 3.05) is 38.2 Å². The van der Waals surface area contributed by atoms with E-state index in [4.69, 9.17) is 4.74 Å². The first-order valence-electron chi connectivity index (χ1n) is 8.90. The van der Waals surface area contributed by atoms with Crippen molar-refractivity contribution >= 4 is 23.8 Å². The maximum Gasteiger partial charge on any atom is 0.338 e. The van der Waals surface area contributed by atoms with Crippen LogP contribution in [0.25, 0.3) is 0 Å². The van der Waals surface area contributed by atoms with Crippen molar-refractivity contribution in [1.29, 1.82) is 0 Å². The van der Waals surface area contributed by atoms with Gasteiger partial charge in [-0.05, 0) is 17.5 Å². The van der Waals surface area contributed by atoms with Crippen molar-refractivity contribution in [3.05, 3.63) is 46.7 Å². The number of hydrogen-bond donors (Lipinski definition) is 2. The van der Waals surface area contributed by atoms with Gasteiger partial charge in [0.05, 0.1) is 18.7 Å². The van der Waals surface area contributed by atoms with Crippen molar-refractivity contribution in [3.63, 3.8) is 0 Å². The van der Waals surface area contributed by atoms with Gasteiger partial charge < -0.3 is 15.4 Å². The van der Waals surface area contributed by atoms with Crippen molar-refractivity contribution in [3.8, 4) is 0 Å². The van der Waals surface area contributed by atoms with Gasteiger partial charge >= 0.3 is 12.0 Å². The molecular formula is C19H25N3O3S. The van der Waals surface area contributed by atoms with E-state index in [1.165, 1.54) is 12.7 Å². The van der Waals surface area contributed by atoms with Crippen molar-refractivity contribution in [1.82, 2.24) is 15.5 Å². The highest BCUT2D eigenvalue weighted by atomic mass is 32.2. The fourth-order valence-electron chi connectivity index (χ4n) is 3.27. The summed E-state index contributed by atoms with van der Waals surface area (Å²) >= 11 is 1.92. The molecule has 2 aliphatic rings. The number of thioether (sulfide) groups is 1.